The van der Waals surface area contributed by atoms with Gasteiger partial charge in [-0.15, -0.1) is 18.3 Å². The quantitative estimate of drug-likeness (QED) is 0.163. The van der Waals surface area contributed by atoms with Gasteiger partial charge in [-0.25, -0.2) is 4.98 Å². The molecule has 2 aromatic rings. The Labute approximate surface area is 213 Å². The second kappa shape index (κ2) is 13.1. The summed E-state index contributed by atoms with van der Waals surface area (Å²) in [5, 5.41) is 7.64. The van der Waals surface area contributed by atoms with E-state index in [0.29, 0.717) is 25.1 Å². The SMILES string of the molecule is CC(C)CN1CCCc2cc(N=Nc3ccc(C(F)(F)F)cn3)c([N-]OC(F)(F)F)cc21.O=S.[Fe+2]. The van der Waals surface area contributed by atoms with Crippen molar-refractivity contribution in [3.05, 3.63) is 47.1 Å². The third-order valence-electron chi connectivity index (χ3n) is 4.56. The predicted octanol–water partition coefficient (Wildman–Crippen LogP) is 7.04. The Balaban J connectivity index is 0.00000199. The molecule has 192 valence electrons. The molecule has 7 nitrogen and oxygen atoms in total. The largest absolute Gasteiger partial charge is 2.00 e. The van der Waals surface area contributed by atoms with Crippen molar-refractivity contribution in [1.82, 2.24) is 4.98 Å². The number of nitrogens with zero attached hydrogens (tertiary/aromatic N) is 5. The van der Waals surface area contributed by atoms with E-state index in [1.165, 1.54) is 6.07 Å². The smallest absolute Gasteiger partial charge is 0.553 e. The molecule has 0 saturated carbocycles. The molecule has 15 heteroatoms. The molecule has 0 atom stereocenters. The number of halogens is 6. The van der Waals surface area contributed by atoms with Gasteiger partial charge in [0.2, 0.25) is 0 Å². The number of hydrogen-bond donors (Lipinski definition) is 0. The van der Waals surface area contributed by atoms with E-state index in [1.54, 1.807) is 6.07 Å². The van der Waals surface area contributed by atoms with Gasteiger partial charge in [-0.3, -0.25) is 0 Å². The molecule has 3 rings (SSSR count). The Hall–Kier alpha value is -2.35. The van der Waals surface area contributed by atoms with Crippen LogP contribution in [0.3, 0.4) is 0 Å². The Morgan fingerprint density at radius 2 is 1.83 bits per heavy atom. The molecule has 0 saturated heterocycles. The summed E-state index contributed by atoms with van der Waals surface area (Å²) in [6.45, 7) is 5.53. The molecule has 0 spiro atoms. The van der Waals surface area contributed by atoms with Crippen LogP contribution in [0, 0.1) is 5.92 Å². The van der Waals surface area contributed by atoms with E-state index in [2.05, 4.69) is 43.0 Å². The van der Waals surface area contributed by atoms with Crippen molar-refractivity contribution in [2.24, 2.45) is 16.1 Å². The first-order valence-electron chi connectivity index (χ1n) is 9.92. The summed E-state index contributed by atoms with van der Waals surface area (Å²) in [5.41, 5.74) is 3.61. The fourth-order valence-corrected chi connectivity index (χ4v) is 3.29. The monoisotopic (exact) mass is 564 g/mol. The summed E-state index contributed by atoms with van der Waals surface area (Å²) >= 11 is 2.83. The van der Waals surface area contributed by atoms with Crippen LogP contribution in [0.2, 0.25) is 0 Å². The van der Waals surface area contributed by atoms with Crippen LogP contribution in [0.1, 0.15) is 31.4 Å². The molecular formula is C20H20F6FeN5O2S+. The average molecular weight is 564 g/mol. The molecule has 0 amide bonds. The molecule has 1 aliphatic rings. The Bertz CT molecular complexity index is 990. The summed E-state index contributed by atoms with van der Waals surface area (Å²) in [5.74, 6) is 0.192. The van der Waals surface area contributed by atoms with Crippen LogP contribution in [0.25, 0.3) is 5.48 Å². The van der Waals surface area contributed by atoms with Crippen LogP contribution in [-0.2, 0) is 47.0 Å². The van der Waals surface area contributed by atoms with Crippen molar-refractivity contribution < 1.29 is 52.5 Å². The molecule has 0 unspecified atom stereocenters. The van der Waals surface area contributed by atoms with Crippen LogP contribution in [0.5, 0.6) is 0 Å². The molecule has 1 aliphatic heterocycles. The maximum absolute atomic E-state index is 12.7. The van der Waals surface area contributed by atoms with Crippen molar-refractivity contribution >= 4 is 35.4 Å². The van der Waals surface area contributed by atoms with Gasteiger partial charge in [0.15, 0.2) is 18.4 Å². The van der Waals surface area contributed by atoms with Crippen molar-refractivity contribution in [3.8, 4) is 0 Å². The molecule has 35 heavy (non-hydrogen) atoms. The molecule has 1 aromatic carbocycles. The van der Waals surface area contributed by atoms with E-state index in [1.807, 2.05) is 13.8 Å². The minimum Gasteiger partial charge on any atom is -0.553 e. The topological polar surface area (TPSA) is 81.2 Å². The standard InChI is InChI=1S/C20H20F6N5O.Fe.OS/c1-12(2)11-31-7-3-4-13-8-15(16(9-17(13)31)30-32-20(24,25)26)28-29-18-6-5-14(10-27-18)19(21,22)23;;1-2/h5-6,8-10,12H,3-4,7,11H2,1-2H3;;/q-1;+2;. The number of aromatic nitrogens is 1. The fraction of sp³-hybridized carbons (Fsp3) is 0.450. The summed E-state index contributed by atoms with van der Waals surface area (Å²) < 4.78 is 83.5. The van der Waals surface area contributed by atoms with Gasteiger partial charge in [-0.2, -0.15) is 22.5 Å². The molecule has 0 bridgehead atoms. The number of alkyl halides is 6. The van der Waals surface area contributed by atoms with E-state index < -0.39 is 18.1 Å². The van der Waals surface area contributed by atoms with Crippen LogP contribution in [0.4, 0.5) is 49.2 Å². The molecule has 0 N–H and O–H groups in total. The molecular weight excluding hydrogens is 544 g/mol. The van der Waals surface area contributed by atoms with Gasteiger partial charge in [0.05, 0.1) is 11.3 Å². The van der Waals surface area contributed by atoms with E-state index in [9.17, 15) is 26.3 Å². The minimum atomic E-state index is -4.99. The molecule has 2 heterocycles. The number of hydrogen-bond acceptors (Lipinski definition) is 7. The molecule has 0 aliphatic carbocycles. The number of azo groups is 1. The van der Waals surface area contributed by atoms with E-state index in [-0.39, 0.29) is 34.3 Å². The maximum Gasteiger partial charge on any atom is 2.00 e. The first-order valence-corrected chi connectivity index (χ1v) is 10.2. The Kier molecular flexibility index (Phi) is 11.5. The number of pyridine rings is 1. The van der Waals surface area contributed by atoms with E-state index in [4.69, 9.17) is 4.21 Å². The summed E-state index contributed by atoms with van der Waals surface area (Å²) in [6.07, 6.45) is -7.40. The fourth-order valence-electron chi connectivity index (χ4n) is 3.29. The van der Waals surface area contributed by atoms with Crippen LogP contribution >= 0.6 is 0 Å². The minimum absolute atomic E-state index is 0. The first-order chi connectivity index (χ1) is 15.9. The number of aryl methyl sites for hydroxylation is 1. The van der Waals surface area contributed by atoms with Crippen LogP contribution in [-0.4, -0.2) is 28.6 Å². The molecule has 0 fully saturated rings. The van der Waals surface area contributed by atoms with E-state index in [0.717, 1.165) is 36.3 Å². The second-order valence-corrected chi connectivity index (χ2v) is 7.64. The zero-order chi connectivity index (χ0) is 25.5. The maximum atomic E-state index is 12.7. The Morgan fingerprint density at radius 3 is 2.37 bits per heavy atom. The van der Waals surface area contributed by atoms with Gasteiger partial charge < -0.3 is 15.2 Å². The zero-order valence-electron chi connectivity index (χ0n) is 18.4. The van der Waals surface area contributed by atoms with Crippen molar-refractivity contribution in [3.63, 3.8) is 0 Å². The number of anilines is 1. The number of rotatable bonds is 6. The van der Waals surface area contributed by atoms with Crippen LogP contribution < -0.4 is 4.90 Å². The van der Waals surface area contributed by atoms with Gasteiger partial charge >= 0.3 is 29.6 Å². The van der Waals surface area contributed by atoms with Crippen molar-refractivity contribution in [2.45, 2.75) is 39.2 Å². The molecule has 0 radical (unpaired) electrons. The van der Waals surface area contributed by atoms with Crippen LogP contribution in [0.15, 0.2) is 40.7 Å². The third-order valence-corrected chi connectivity index (χ3v) is 4.56. The normalized spacial score (nSPS) is 13.7. The summed E-state index contributed by atoms with van der Waals surface area (Å²) in [7, 11) is 0. The van der Waals surface area contributed by atoms with Crippen molar-refractivity contribution in [1.29, 1.82) is 0 Å². The third kappa shape index (κ3) is 9.32. The Morgan fingerprint density at radius 1 is 1.14 bits per heavy atom. The van der Waals surface area contributed by atoms with E-state index >= 15 is 0 Å². The zero-order valence-corrected chi connectivity index (χ0v) is 20.3. The van der Waals surface area contributed by atoms with Crippen molar-refractivity contribution in [2.75, 3.05) is 18.0 Å². The van der Waals surface area contributed by atoms with Gasteiger partial charge in [-0.05, 0) is 48.6 Å². The summed E-state index contributed by atoms with van der Waals surface area (Å²) in [6, 6.07) is 4.82. The number of fused-ring (bicyclic) bond motifs is 1. The van der Waals surface area contributed by atoms with Gasteiger partial charge in [-0.1, -0.05) is 19.5 Å². The van der Waals surface area contributed by atoms with Gasteiger partial charge in [0.1, 0.15) is 0 Å². The van der Waals surface area contributed by atoms with Gasteiger partial charge in [0, 0.05) is 25.0 Å². The molecule has 1 aromatic heterocycles. The average Bonchev–Trinajstić information content (AvgIpc) is 2.76. The van der Waals surface area contributed by atoms with Gasteiger partial charge in [0.25, 0.3) is 0 Å². The second-order valence-electron chi connectivity index (χ2n) is 7.64. The predicted molar refractivity (Wildman–Crippen MR) is 114 cm³/mol. The first kappa shape index (κ1) is 30.7. The summed E-state index contributed by atoms with van der Waals surface area (Å²) in [4.78, 5) is 9.27. The number of benzene rings is 1.